The summed E-state index contributed by atoms with van der Waals surface area (Å²) < 4.78 is 0. The van der Waals surface area contributed by atoms with Crippen molar-refractivity contribution < 1.29 is 19.2 Å². The second-order valence-electron chi connectivity index (χ2n) is 6.50. The number of rotatable bonds is 3. The van der Waals surface area contributed by atoms with Gasteiger partial charge >= 0.3 is 0 Å². The first-order valence-electron chi connectivity index (χ1n) is 8.58. The number of amides is 2. The second-order valence-corrected chi connectivity index (χ2v) is 6.50. The molecule has 0 unspecified atom stereocenters. The van der Waals surface area contributed by atoms with E-state index in [2.05, 4.69) is 0 Å². The molecule has 6 nitrogen and oxygen atoms in total. The van der Waals surface area contributed by atoms with E-state index in [4.69, 9.17) is 0 Å². The summed E-state index contributed by atoms with van der Waals surface area (Å²) in [5.74, 6) is -2.85. The molecule has 4 rings (SSSR count). The van der Waals surface area contributed by atoms with Crippen LogP contribution in [0.1, 0.15) is 15.9 Å². The number of piperazine rings is 1. The van der Waals surface area contributed by atoms with Crippen molar-refractivity contribution >= 4 is 29.1 Å². The maximum Gasteiger partial charge on any atom is 0.299 e. The Bertz CT molecular complexity index is 1010. The van der Waals surface area contributed by atoms with Gasteiger partial charge in [0.1, 0.15) is 11.3 Å². The molecule has 0 spiro atoms. The van der Waals surface area contributed by atoms with E-state index in [-0.39, 0.29) is 29.9 Å². The zero-order chi connectivity index (χ0) is 19.1. The molecule has 0 N–H and O–H groups in total. The van der Waals surface area contributed by atoms with Crippen LogP contribution in [0.2, 0.25) is 0 Å². The van der Waals surface area contributed by atoms with Crippen molar-refractivity contribution in [2.24, 2.45) is 0 Å². The van der Waals surface area contributed by atoms with Crippen LogP contribution in [0, 0.1) is 6.92 Å². The standard InChI is InChI=1S/C21H16N2O4/c1-13-7-9-15(10-8-13)22-11-12-23-17(20(22)26)16(19(25)21(23)27)18(24)14-5-3-2-4-6-14/h2-10H,11-12H2,1H3. The quantitative estimate of drug-likeness (QED) is 0.476. The van der Waals surface area contributed by atoms with Gasteiger partial charge in [0.2, 0.25) is 0 Å². The smallest absolute Gasteiger partial charge is 0.299 e. The van der Waals surface area contributed by atoms with Gasteiger partial charge in [0.05, 0.1) is 0 Å². The number of aryl methyl sites for hydroxylation is 1. The van der Waals surface area contributed by atoms with Gasteiger partial charge in [-0.2, -0.15) is 0 Å². The first-order chi connectivity index (χ1) is 13.0. The van der Waals surface area contributed by atoms with Gasteiger partial charge in [0.15, 0.2) is 5.78 Å². The molecular formula is C21H16N2O4. The first-order valence-corrected chi connectivity index (χ1v) is 8.58. The summed E-state index contributed by atoms with van der Waals surface area (Å²) in [6, 6.07) is 15.6. The summed E-state index contributed by atoms with van der Waals surface area (Å²) in [7, 11) is 0. The minimum Gasteiger partial charge on any atom is -0.305 e. The molecule has 2 aliphatic heterocycles. The topological polar surface area (TPSA) is 74.8 Å². The molecule has 2 aliphatic rings. The SMILES string of the molecule is Cc1ccc(N2CCN3C(=O)C(=O)C(C(=O)c4ccccc4)=C3C2=O)cc1. The number of fused-ring (bicyclic) bond motifs is 1. The molecule has 1 saturated heterocycles. The molecule has 2 heterocycles. The molecule has 27 heavy (non-hydrogen) atoms. The zero-order valence-electron chi connectivity index (χ0n) is 14.6. The molecule has 0 saturated carbocycles. The van der Waals surface area contributed by atoms with Crippen LogP contribution >= 0.6 is 0 Å². The van der Waals surface area contributed by atoms with Crippen LogP contribution in [-0.2, 0) is 14.4 Å². The molecule has 0 atom stereocenters. The van der Waals surface area contributed by atoms with Gasteiger partial charge in [-0.1, -0.05) is 48.0 Å². The normalized spacial score (nSPS) is 16.9. The fraction of sp³-hybridized carbons (Fsp3) is 0.143. The Balaban J connectivity index is 1.80. The van der Waals surface area contributed by atoms with Crippen LogP contribution in [0.5, 0.6) is 0 Å². The Morgan fingerprint density at radius 3 is 2.11 bits per heavy atom. The highest BCUT2D eigenvalue weighted by Gasteiger charge is 2.48. The number of nitrogens with zero attached hydrogens (tertiary/aromatic N) is 2. The average Bonchev–Trinajstić information content (AvgIpc) is 2.95. The van der Waals surface area contributed by atoms with E-state index in [1.54, 1.807) is 42.5 Å². The highest BCUT2D eigenvalue weighted by atomic mass is 16.2. The lowest BCUT2D eigenvalue weighted by atomic mass is 9.99. The molecule has 0 radical (unpaired) electrons. The summed E-state index contributed by atoms with van der Waals surface area (Å²) in [5, 5.41) is 0. The van der Waals surface area contributed by atoms with Crippen LogP contribution < -0.4 is 4.90 Å². The number of carbonyl (C=O) groups is 4. The van der Waals surface area contributed by atoms with Gasteiger partial charge in [-0.05, 0) is 19.1 Å². The average molecular weight is 360 g/mol. The third-order valence-electron chi connectivity index (χ3n) is 4.78. The summed E-state index contributed by atoms with van der Waals surface area (Å²) >= 11 is 0. The monoisotopic (exact) mass is 360 g/mol. The van der Waals surface area contributed by atoms with E-state index >= 15 is 0 Å². The minimum absolute atomic E-state index is 0.120. The third kappa shape index (κ3) is 2.66. The van der Waals surface area contributed by atoms with E-state index in [0.717, 1.165) is 10.5 Å². The van der Waals surface area contributed by atoms with Gasteiger partial charge < -0.3 is 4.90 Å². The predicted octanol–water partition coefficient (Wildman–Crippen LogP) is 1.89. The van der Waals surface area contributed by atoms with E-state index < -0.39 is 23.4 Å². The number of carbonyl (C=O) groups excluding carboxylic acids is 4. The second kappa shape index (κ2) is 6.32. The fourth-order valence-electron chi connectivity index (χ4n) is 3.35. The molecule has 2 aromatic rings. The van der Waals surface area contributed by atoms with E-state index in [1.807, 2.05) is 19.1 Å². The van der Waals surface area contributed by atoms with Crippen molar-refractivity contribution in [3.8, 4) is 0 Å². The lowest BCUT2D eigenvalue weighted by molar-refractivity contribution is -0.140. The van der Waals surface area contributed by atoms with Crippen LogP contribution in [0.4, 0.5) is 5.69 Å². The van der Waals surface area contributed by atoms with Gasteiger partial charge in [-0.25, -0.2) is 0 Å². The molecule has 2 amide bonds. The fourth-order valence-corrected chi connectivity index (χ4v) is 3.35. The van der Waals surface area contributed by atoms with Crippen LogP contribution in [0.25, 0.3) is 0 Å². The lowest BCUT2D eigenvalue weighted by Gasteiger charge is -2.33. The number of anilines is 1. The maximum atomic E-state index is 13.1. The van der Waals surface area contributed by atoms with E-state index in [0.29, 0.717) is 5.69 Å². The molecule has 1 fully saturated rings. The summed E-state index contributed by atoms with van der Waals surface area (Å²) in [5.41, 5.74) is 1.52. The van der Waals surface area contributed by atoms with Gasteiger partial charge in [-0.15, -0.1) is 0 Å². The largest absolute Gasteiger partial charge is 0.305 e. The number of hydrogen-bond acceptors (Lipinski definition) is 4. The Morgan fingerprint density at radius 1 is 0.815 bits per heavy atom. The molecule has 134 valence electrons. The number of ketones is 2. The molecule has 0 aliphatic carbocycles. The third-order valence-corrected chi connectivity index (χ3v) is 4.78. The van der Waals surface area contributed by atoms with E-state index in [1.165, 1.54) is 4.90 Å². The van der Waals surface area contributed by atoms with Gasteiger partial charge in [-0.3, -0.25) is 24.1 Å². The Morgan fingerprint density at radius 2 is 1.44 bits per heavy atom. The summed E-state index contributed by atoms with van der Waals surface area (Å²) in [6.07, 6.45) is 0. The Hall–Kier alpha value is -3.54. The predicted molar refractivity (Wildman–Crippen MR) is 98.1 cm³/mol. The molecular weight excluding hydrogens is 344 g/mol. The lowest BCUT2D eigenvalue weighted by Crippen LogP contribution is -2.49. The Labute approximate surface area is 155 Å². The van der Waals surface area contributed by atoms with Gasteiger partial charge in [0, 0.05) is 24.3 Å². The first kappa shape index (κ1) is 16.9. The molecule has 0 bridgehead atoms. The van der Waals surface area contributed by atoms with Crippen molar-refractivity contribution in [1.82, 2.24) is 4.90 Å². The molecule has 6 heteroatoms. The maximum absolute atomic E-state index is 13.1. The summed E-state index contributed by atoms with van der Waals surface area (Å²) in [4.78, 5) is 53.4. The minimum atomic E-state index is -0.919. The molecule has 0 aromatic heterocycles. The van der Waals surface area contributed by atoms with Crippen LogP contribution in [0.15, 0.2) is 65.9 Å². The van der Waals surface area contributed by atoms with Crippen LogP contribution in [0.3, 0.4) is 0 Å². The highest BCUT2D eigenvalue weighted by molar-refractivity contribution is 6.55. The van der Waals surface area contributed by atoms with Crippen molar-refractivity contribution in [3.63, 3.8) is 0 Å². The van der Waals surface area contributed by atoms with Crippen molar-refractivity contribution in [2.75, 3.05) is 18.0 Å². The van der Waals surface area contributed by atoms with E-state index in [9.17, 15) is 19.2 Å². The molecule has 2 aromatic carbocycles. The number of benzene rings is 2. The van der Waals surface area contributed by atoms with Crippen LogP contribution in [-0.4, -0.2) is 41.4 Å². The summed E-state index contributed by atoms with van der Waals surface area (Å²) in [6.45, 7) is 2.37. The van der Waals surface area contributed by atoms with Crippen molar-refractivity contribution in [3.05, 3.63) is 77.0 Å². The van der Waals surface area contributed by atoms with Crippen molar-refractivity contribution in [1.29, 1.82) is 0 Å². The number of hydrogen-bond donors (Lipinski definition) is 0. The number of Topliss-reactive ketones (excluding diaryl/α,β-unsaturated/α-hetero) is 2. The van der Waals surface area contributed by atoms with Crippen molar-refractivity contribution in [2.45, 2.75) is 6.92 Å². The zero-order valence-corrected chi connectivity index (χ0v) is 14.6. The highest BCUT2D eigenvalue weighted by Crippen LogP contribution is 2.31. The Kier molecular flexibility index (Phi) is 3.96. The van der Waals surface area contributed by atoms with Gasteiger partial charge in [0.25, 0.3) is 17.6 Å².